The Morgan fingerprint density at radius 3 is 2.45 bits per heavy atom. The fourth-order valence-corrected chi connectivity index (χ4v) is 3.57. The highest BCUT2D eigenvalue weighted by Gasteiger charge is 2.21. The molecule has 0 atom stereocenters. The van der Waals surface area contributed by atoms with Gasteiger partial charge in [0.1, 0.15) is 11.6 Å². The quantitative estimate of drug-likeness (QED) is 0.710. The lowest BCUT2D eigenvalue weighted by Crippen LogP contribution is -2.42. The summed E-state index contributed by atoms with van der Waals surface area (Å²) in [6.45, 7) is 5.99. The molecule has 4 rings (SSSR count). The van der Waals surface area contributed by atoms with E-state index in [2.05, 4.69) is 64.0 Å². The maximum Gasteiger partial charge on any atom is 0.129 e. The van der Waals surface area contributed by atoms with Crippen LogP contribution in [0.15, 0.2) is 61.4 Å². The molecule has 152 valence electrons. The average molecular weight is 390 g/mol. The first-order valence-electron chi connectivity index (χ1n) is 10.1. The molecule has 0 bridgehead atoms. The molecule has 5 nitrogen and oxygen atoms in total. The number of hydrogen-bond donors (Lipinski definition) is 1. The Bertz CT molecular complexity index is 929. The van der Waals surface area contributed by atoms with Crippen LogP contribution in [0.3, 0.4) is 0 Å². The van der Waals surface area contributed by atoms with Crippen LogP contribution in [0.4, 0.5) is 11.6 Å². The summed E-state index contributed by atoms with van der Waals surface area (Å²) in [5.41, 5.74) is 1.14. The molecule has 1 aliphatic rings. The van der Waals surface area contributed by atoms with Crippen LogP contribution < -0.4 is 10.2 Å². The minimum absolute atomic E-state index is 0.717. The van der Waals surface area contributed by atoms with Crippen molar-refractivity contribution in [3.8, 4) is 0 Å². The highest BCUT2D eigenvalue weighted by atomic mass is 15.2. The van der Waals surface area contributed by atoms with E-state index >= 15 is 0 Å². The van der Waals surface area contributed by atoms with E-state index in [-0.39, 0.29) is 0 Å². The van der Waals surface area contributed by atoms with Gasteiger partial charge in [-0.25, -0.2) is 9.97 Å². The van der Waals surface area contributed by atoms with E-state index in [1.807, 2.05) is 49.8 Å². The van der Waals surface area contributed by atoms with Crippen LogP contribution in [-0.4, -0.2) is 55.1 Å². The molecule has 1 N–H and O–H groups in total. The van der Waals surface area contributed by atoms with Gasteiger partial charge in [0, 0.05) is 44.0 Å². The Kier molecular flexibility index (Phi) is 7.19. The van der Waals surface area contributed by atoms with Crippen molar-refractivity contribution in [3.63, 3.8) is 0 Å². The minimum atomic E-state index is 0.717. The Hall–Kier alpha value is -2.92. The van der Waals surface area contributed by atoms with Gasteiger partial charge in [0.15, 0.2) is 0 Å². The normalized spacial score (nSPS) is 14.4. The molecule has 0 spiro atoms. The first-order chi connectivity index (χ1) is 14.1. The zero-order chi connectivity index (χ0) is 20.6. The van der Waals surface area contributed by atoms with Crippen molar-refractivity contribution in [2.24, 2.45) is 0 Å². The zero-order valence-electron chi connectivity index (χ0n) is 17.7. The summed E-state index contributed by atoms with van der Waals surface area (Å²) in [5, 5.41) is 5.40. The van der Waals surface area contributed by atoms with Crippen molar-refractivity contribution in [2.75, 3.05) is 44.4 Å². The summed E-state index contributed by atoms with van der Waals surface area (Å²) in [6, 6.07) is 15.0. The Balaban J connectivity index is 0.000000176. The standard InChI is InChI=1S/C14H21N3.C10H10N2/c1-4-12-5-8-15-14(11-12)17-9-6-13(7-10-17)16(2)3;1-11-10-6-8-4-2-3-5-9(8)7-12-10/h4-5,8,11,13H,1,6-7,9-10H2,2-3H3;2-7H,1H3,(H,11,12). The molecular weight excluding hydrogens is 358 g/mol. The summed E-state index contributed by atoms with van der Waals surface area (Å²) in [6.07, 6.45) is 8.04. The maximum atomic E-state index is 4.45. The minimum Gasteiger partial charge on any atom is -0.373 e. The van der Waals surface area contributed by atoms with Crippen LogP contribution in [0.2, 0.25) is 0 Å². The number of anilines is 2. The van der Waals surface area contributed by atoms with Crippen molar-refractivity contribution < 1.29 is 0 Å². The molecule has 1 aromatic carbocycles. The largest absolute Gasteiger partial charge is 0.373 e. The van der Waals surface area contributed by atoms with E-state index in [9.17, 15) is 0 Å². The van der Waals surface area contributed by atoms with Crippen molar-refractivity contribution in [1.29, 1.82) is 0 Å². The third kappa shape index (κ3) is 5.55. The number of nitrogens with zero attached hydrogens (tertiary/aromatic N) is 4. The van der Waals surface area contributed by atoms with Crippen LogP contribution in [0, 0.1) is 0 Å². The predicted molar refractivity (Wildman–Crippen MR) is 125 cm³/mol. The molecule has 1 aliphatic heterocycles. The fourth-order valence-electron chi connectivity index (χ4n) is 3.57. The summed E-state index contributed by atoms with van der Waals surface area (Å²) in [7, 11) is 6.20. The van der Waals surface area contributed by atoms with E-state index in [1.54, 1.807) is 0 Å². The maximum absolute atomic E-state index is 4.45. The number of piperidine rings is 1. The van der Waals surface area contributed by atoms with Crippen molar-refractivity contribution in [1.82, 2.24) is 14.9 Å². The summed E-state index contributed by atoms with van der Waals surface area (Å²) < 4.78 is 0. The zero-order valence-corrected chi connectivity index (χ0v) is 17.7. The summed E-state index contributed by atoms with van der Waals surface area (Å²) >= 11 is 0. The number of pyridine rings is 2. The average Bonchev–Trinajstić information content (AvgIpc) is 2.79. The SMILES string of the molecule is C=Cc1ccnc(N2CCC(N(C)C)CC2)c1.CNc1cc2ccccc2cn1. The Morgan fingerprint density at radius 2 is 1.79 bits per heavy atom. The Morgan fingerprint density at radius 1 is 1.07 bits per heavy atom. The molecule has 1 saturated heterocycles. The van der Waals surface area contributed by atoms with Crippen LogP contribution in [0.1, 0.15) is 18.4 Å². The lowest BCUT2D eigenvalue weighted by molar-refractivity contribution is 0.249. The molecule has 0 amide bonds. The highest BCUT2D eigenvalue weighted by Crippen LogP contribution is 2.21. The van der Waals surface area contributed by atoms with Gasteiger partial charge in [0.25, 0.3) is 0 Å². The molecular formula is C24H31N5. The van der Waals surface area contributed by atoms with Gasteiger partial charge in [-0.05, 0) is 56.1 Å². The third-order valence-corrected chi connectivity index (χ3v) is 5.41. The van der Waals surface area contributed by atoms with Gasteiger partial charge in [-0.15, -0.1) is 0 Å². The molecule has 1 fully saturated rings. The molecule has 0 aliphatic carbocycles. The fraction of sp³-hybridized carbons (Fsp3) is 0.333. The van der Waals surface area contributed by atoms with Crippen molar-refractivity contribution in [2.45, 2.75) is 18.9 Å². The number of benzene rings is 1. The molecule has 3 aromatic rings. The number of hydrogen-bond acceptors (Lipinski definition) is 5. The number of fused-ring (bicyclic) bond motifs is 1. The molecule has 0 unspecified atom stereocenters. The van der Waals surface area contributed by atoms with Crippen molar-refractivity contribution in [3.05, 3.63) is 67.0 Å². The van der Waals surface area contributed by atoms with E-state index in [0.29, 0.717) is 6.04 Å². The highest BCUT2D eigenvalue weighted by molar-refractivity contribution is 5.83. The van der Waals surface area contributed by atoms with Crippen LogP contribution in [0.5, 0.6) is 0 Å². The van der Waals surface area contributed by atoms with E-state index in [0.717, 1.165) is 30.3 Å². The van der Waals surface area contributed by atoms with Crippen LogP contribution >= 0.6 is 0 Å². The second-order valence-corrected chi connectivity index (χ2v) is 7.50. The lowest BCUT2D eigenvalue weighted by atomic mass is 10.0. The van der Waals surface area contributed by atoms with Gasteiger partial charge in [-0.2, -0.15) is 0 Å². The first-order valence-corrected chi connectivity index (χ1v) is 10.1. The van der Waals surface area contributed by atoms with Gasteiger partial charge >= 0.3 is 0 Å². The van der Waals surface area contributed by atoms with Gasteiger partial charge in [0.05, 0.1) is 0 Å². The number of rotatable bonds is 4. The third-order valence-electron chi connectivity index (χ3n) is 5.41. The second-order valence-electron chi connectivity index (χ2n) is 7.50. The molecule has 2 aromatic heterocycles. The molecule has 29 heavy (non-hydrogen) atoms. The van der Waals surface area contributed by atoms with Gasteiger partial charge < -0.3 is 15.1 Å². The molecule has 3 heterocycles. The van der Waals surface area contributed by atoms with Crippen LogP contribution in [-0.2, 0) is 0 Å². The number of nitrogens with one attached hydrogen (secondary N) is 1. The first kappa shape index (κ1) is 20.8. The predicted octanol–water partition coefficient (Wildman–Crippen LogP) is 4.53. The van der Waals surface area contributed by atoms with E-state index in [4.69, 9.17) is 0 Å². The Labute approximate surface area is 174 Å². The molecule has 0 saturated carbocycles. The second kappa shape index (κ2) is 10.0. The van der Waals surface area contributed by atoms with E-state index < -0.39 is 0 Å². The molecule has 0 radical (unpaired) electrons. The monoisotopic (exact) mass is 389 g/mol. The van der Waals surface area contributed by atoms with E-state index in [1.165, 1.54) is 23.6 Å². The number of aromatic nitrogens is 2. The van der Waals surface area contributed by atoms with Gasteiger partial charge in [-0.1, -0.05) is 36.9 Å². The van der Waals surface area contributed by atoms with Gasteiger partial charge in [-0.3, -0.25) is 0 Å². The summed E-state index contributed by atoms with van der Waals surface area (Å²) in [5.74, 6) is 1.99. The van der Waals surface area contributed by atoms with Gasteiger partial charge in [0.2, 0.25) is 0 Å². The molecule has 5 heteroatoms. The summed E-state index contributed by atoms with van der Waals surface area (Å²) in [4.78, 5) is 13.4. The van der Waals surface area contributed by atoms with Crippen molar-refractivity contribution >= 4 is 28.5 Å². The topological polar surface area (TPSA) is 44.3 Å². The van der Waals surface area contributed by atoms with Crippen LogP contribution in [0.25, 0.3) is 16.8 Å². The lowest BCUT2D eigenvalue weighted by Gasteiger charge is -2.35. The smallest absolute Gasteiger partial charge is 0.129 e.